The zero-order valence-corrected chi connectivity index (χ0v) is 17.3. The molecule has 2 aromatic rings. The summed E-state index contributed by atoms with van der Waals surface area (Å²) >= 11 is 1.51. The van der Waals surface area contributed by atoms with Crippen molar-refractivity contribution in [2.45, 2.75) is 43.4 Å². The van der Waals surface area contributed by atoms with Crippen molar-refractivity contribution in [3.05, 3.63) is 66.2 Å². The summed E-state index contributed by atoms with van der Waals surface area (Å²) in [5, 5.41) is 2.53. The summed E-state index contributed by atoms with van der Waals surface area (Å²) in [6.45, 7) is 8.24. The van der Waals surface area contributed by atoms with Crippen LogP contribution in [0.3, 0.4) is 0 Å². The summed E-state index contributed by atoms with van der Waals surface area (Å²) in [4.78, 5) is 28.3. The van der Waals surface area contributed by atoms with Crippen LogP contribution < -0.4 is 5.32 Å². The lowest BCUT2D eigenvalue weighted by molar-refractivity contribution is -0.136. The smallest absolute Gasteiger partial charge is 0.241 e. The Labute approximate surface area is 166 Å². The molecule has 0 aliphatic heterocycles. The van der Waals surface area contributed by atoms with Crippen LogP contribution in [0.25, 0.3) is 0 Å². The van der Waals surface area contributed by atoms with E-state index in [1.165, 1.54) is 11.8 Å². The lowest BCUT2D eigenvalue weighted by atomic mass is 10.1. The molecule has 27 heavy (non-hydrogen) atoms. The molecule has 5 heteroatoms. The molecule has 2 rings (SSSR count). The van der Waals surface area contributed by atoms with Crippen LogP contribution in [0.1, 0.15) is 38.5 Å². The fourth-order valence-corrected chi connectivity index (χ4v) is 3.80. The molecule has 0 aliphatic rings. The molecule has 0 saturated heterocycles. The molecule has 4 nitrogen and oxygen atoms in total. The molecule has 144 valence electrons. The van der Waals surface area contributed by atoms with E-state index < -0.39 is 5.25 Å². The fraction of sp³-hybridized carbons (Fsp3) is 0.364. The van der Waals surface area contributed by atoms with E-state index in [0.29, 0.717) is 6.54 Å². The summed E-state index contributed by atoms with van der Waals surface area (Å²) in [7, 11) is 0. The minimum atomic E-state index is -0.393. The summed E-state index contributed by atoms with van der Waals surface area (Å²) in [6.07, 6.45) is 0. The number of rotatable bonds is 7. The van der Waals surface area contributed by atoms with Crippen molar-refractivity contribution in [3.8, 4) is 0 Å². The number of nitrogens with zero attached hydrogens (tertiary/aromatic N) is 1. The summed E-state index contributed by atoms with van der Waals surface area (Å²) in [6, 6.07) is 19.6. The summed E-state index contributed by atoms with van der Waals surface area (Å²) in [5.74, 6) is -0.198. The van der Waals surface area contributed by atoms with Gasteiger partial charge >= 0.3 is 0 Å². The van der Waals surface area contributed by atoms with E-state index >= 15 is 0 Å². The van der Waals surface area contributed by atoms with Crippen molar-refractivity contribution in [3.63, 3.8) is 0 Å². The van der Waals surface area contributed by atoms with Crippen LogP contribution in [0.15, 0.2) is 65.6 Å². The van der Waals surface area contributed by atoms with Gasteiger partial charge in [-0.05, 0) is 45.4 Å². The molecule has 2 aromatic carbocycles. The van der Waals surface area contributed by atoms with Crippen LogP contribution in [0.4, 0.5) is 0 Å². The van der Waals surface area contributed by atoms with Crippen molar-refractivity contribution in [1.82, 2.24) is 10.2 Å². The Morgan fingerprint density at radius 1 is 1.00 bits per heavy atom. The largest absolute Gasteiger partial charge is 0.350 e. The standard InChI is InChI=1S/C22H28N2O2S/c1-5-24(16-19(25)23-22(2,3)4)21(26)20(17-12-8-6-9-13-17)27-18-14-10-7-11-15-18/h6-15,20H,5,16H2,1-4H3,(H,23,25). The molecule has 1 N–H and O–H groups in total. The molecule has 0 bridgehead atoms. The van der Waals surface area contributed by atoms with Crippen molar-refractivity contribution in [1.29, 1.82) is 0 Å². The number of benzene rings is 2. The van der Waals surface area contributed by atoms with E-state index in [-0.39, 0.29) is 23.9 Å². The van der Waals surface area contributed by atoms with Gasteiger partial charge in [0.25, 0.3) is 0 Å². The van der Waals surface area contributed by atoms with Gasteiger partial charge in [0, 0.05) is 17.0 Å². The van der Waals surface area contributed by atoms with Gasteiger partial charge in [0.1, 0.15) is 5.25 Å². The molecule has 1 unspecified atom stereocenters. The van der Waals surface area contributed by atoms with Gasteiger partial charge < -0.3 is 10.2 Å². The van der Waals surface area contributed by atoms with E-state index in [4.69, 9.17) is 0 Å². The van der Waals surface area contributed by atoms with E-state index in [0.717, 1.165) is 10.5 Å². The number of thioether (sulfide) groups is 1. The number of nitrogens with one attached hydrogen (secondary N) is 1. The highest BCUT2D eigenvalue weighted by molar-refractivity contribution is 8.00. The molecular formula is C22H28N2O2S. The predicted molar refractivity (Wildman–Crippen MR) is 112 cm³/mol. The van der Waals surface area contributed by atoms with E-state index in [9.17, 15) is 9.59 Å². The molecule has 0 saturated carbocycles. The molecule has 0 heterocycles. The van der Waals surface area contributed by atoms with Gasteiger partial charge in [0.2, 0.25) is 11.8 Å². The van der Waals surface area contributed by atoms with E-state index in [1.54, 1.807) is 4.90 Å². The van der Waals surface area contributed by atoms with Crippen LogP contribution >= 0.6 is 11.8 Å². The predicted octanol–water partition coefficient (Wildman–Crippen LogP) is 4.28. The Morgan fingerprint density at radius 3 is 2.07 bits per heavy atom. The van der Waals surface area contributed by atoms with Crippen molar-refractivity contribution < 1.29 is 9.59 Å². The van der Waals surface area contributed by atoms with Gasteiger partial charge in [-0.2, -0.15) is 0 Å². The SMILES string of the molecule is CCN(CC(=O)NC(C)(C)C)C(=O)C(Sc1ccccc1)c1ccccc1. The zero-order valence-electron chi connectivity index (χ0n) is 16.4. The molecule has 0 aromatic heterocycles. The third-order valence-corrected chi connectivity index (χ3v) is 5.12. The maximum Gasteiger partial charge on any atom is 0.241 e. The molecule has 0 aliphatic carbocycles. The molecule has 2 amide bonds. The fourth-order valence-electron chi connectivity index (χ4n) is 2.67. The van der Waals surface area contributed by atoms with Crippen LogP contribution in [-0.4, -0.2) is 35.3 Å². The normalized spacial score (nSPS) is 12.3. The maximum atomic E-state index is 13.3. The van der Waals surface area contributed by atoms with Gasteiger partial charge in [0.05, 0.1) is 6.54 Å². The Morgan fingerprint density at radius 2 is 1.56 bits per heavy atom. The first-order chi connectivity index (χ1) is 12.8. The highest BCUT2D eigenvalue weighted by Gasteiger charge is 2.28. The summed E-state index contributed by atoms with van der Waals surface area (Å²) < 4.78 is 0. The second kappa shape index (κ2) is 9.60. The van der Waals surface area contributed by atoms with Crippen molar-refractivity contribution in [2.24, 2.45) is 0 Å². The zero-order chi connectivity index (χ0) is 19.9. The third kappa shape index (κ3) is 6.75. The van der Waals surface area contributed by atoms with Gasteiger partial charge in [-0.1, -0.05) is 48.5 Å². The van der Waals surface area contributed by atoms with Crippen molar-refractivity contribution in [2.75, 3.05) is 13.1 Å². The van der Waals surface area contributed by atoms with Gasteiger partial charge in [-0.15, -0.1) is 11.8 Å². The minimum absolute atomic E-state index is 0.0541. The van der Waals surface area contributed by atoms with Crippen LogP contribution in [0.5, 0.6) is 0 Å². The number of carbonyl (C=O) groups excluding carboxylic acids is 2. The average molecular weight is 385 g/mol. The van der Waals surface area contributed by atoms with E-state index in [1.807, 2.05) is 88.4 Å². The number of hydrogen-bond donors (Lipinski definition) is 1. The maximum absolute atomic E-state index is 13.3. The monoisotopic (exact) mass is 384 g/mol. The highest BCUT2D eigenvalue weighted by Crippen LogP contribution is 2.36. The molecule has 1 atom stereocenters. The first-order valence-corrected chi connectivity index (χ1v) is 10.0. The first-order valence-electron chi connectivity index (χ1n) is 9.16. The van der Waals surface area contributed by atoms with Crippen molar-refractivity contribution >= 4 is 23.6 Å². The highest BCUT2D eigenvalue weighted by atomic mass is 32.2. The quantitative estimate of drug-likeness (QED) is 0.725. The Bertz CT molecular complexity index is 742. The Kier molecular flexibility index (Phi) is 7.48. The number of carbonyl (C=O) groups is 2. The minimum Gasteiger partial charge on any atom is -0.350 e. The molecule has 0 spiro atoms. The summed E-state index contributed by atoms with van der Waals surface area (Å²) in [5.41, 5.74) is 0.614. The van der Waals surface area contributed by atoms with Gasteiger partial charge in [-0.3, -0.25) is 9.59 Å². The van der Waals surface area contributed by atoms with Gasteiger partial charge in [-0.25, -0.2) is 0 Å². The van der Waals surface area contributed by atoms with Crippen LogP contribution in [0, 0.1) is 0 Å². The van der Waals surface area contributed by atoms with E-state index in [2.05, 4.69) is 5.32 Å². The molecular weight excluding hydrogens is 356 g/mol. The number of likely N-dealkylation sites (N-methyl/N-ethyl adjacent to an activating group) is 1. The topological polar surface area (TPSA) is 49.4 Å². The lowest BCUT2D eigenvalue weighted by Crippen LogP contribution is -2.48. The molecule has 0 fully saturated rings. The lowest BCUT2D eigenvalue weighted by Gasteiger charge is -2.28. The Balaban J connectivity index is 2.22. The number of amides is 2. The average Bonchev–Trinajstić information content (AvgIpc) is 2.64. The Hall–Kier alpha value is -2.27. The second-order valence-corrected chi connectivity index (χ2v) is 8.55. The molecule has 0 radical (unpaired) electrons. The second-order valence-electron chi connectivity index (χ2n) is 7.37. The van der Waals surface area contributed by atoms with Crippen LogP contribution in [-0.2, 0) is 9.59 Å². The third-order valence-electron chi connectivity index (χ3n) is 3.87. The van der Waals surface area contributed by atoms with Crippen LogP contribution in [0.2, 0.25) is 0 Å². The van der Waals surface area contributed by atoms with Gasteiger partial charge in [0.15, 0.2) is 0 Å². The first kappa shape index (κ1) is 21.0. The number of hydrogen-bond acceptors (Lipinski definition) is 3.